The number of hydrogen-bond donors (Lipinski definition) is 1. The van der Waals surface area contributed by atoms with Gasteiger partial charge in [0.05, 0.1) is 15.6 Å². The first-order chi connectivity index (χ1) is 8.20. The molecule has 0 aliphatic rings. The summed E-state index contributed by atoms with van der Waals surface area (Å²) in [7, 11) is 0. The monoisotopic (exact) mass is 305 g/mol. The van der Waals surface area contributed by atoms with E-state index in [4.69, 9.17) is 23.2 Å². The number of alkyl halides is 3. The fourth-order valence-corrected chi connectivity index (χ4v) is 1.40. The Morgan fingerprint density at radius 2 is 1.89 bits per heavy atom. The molecule has 9 heteroatoms. The van der Waals surface area contributed by atoms with Gasteiger partial charge in [0, 0.05) is 0 Å². The Kier molecular flexibility index (Phi) is 4.78. The van der Waals surface area contributed by atoms with Crippen LogP contribution in [-0.4, -0.2) is 18.7 Å². The Labute approximate surface area is 109 Å². The highest BCUT2D eigenvalue weighted by Gasteiger charge is 2.28. The summed E-state index contributed by atoms with van der Waals surface area (Å²) in [6, 6.07) is 1.65. The highest BCUT2D eigenvalue weighted by Crippen LogP contribution is 2.24. The molecule has 1 aromatic carbocycles. The minimum Gasteiger partial charge on any atom is -0.267 e. The molecule has 0 aliphatic heterocycles. The van der Waals surface area contributed by atoms with Gasteiger partial charge in [-0.1, -0.05) is 23.2 Å². The normalized spacial score (nSPS) is 11.4. The maximum absolute atomic E-state index is 13.0. The first-order valence-corrected chi connectivity index (χ1v) is 5.09. The van der Waals surface area contributed by atoms with Gasteiger partial charge in [0.25, 0.3) is 5.91 Å². The van der Waals surface area contributed by atoms with Crippen LogP contribution in [0.15, 0.2) is 12.1 Å². The van der Waals surface area contributed by atoms with Gasteiger partial charge in [0.1, 0.15) is 5.82 Å². The van der Waals surface area contributed by atoms with Crippen molar-refractivity contribution in [2.45, 2.75) is 6.18 Å². The first-order valence-electron chi connectivity index (χ1n) is 4.34. The van der Waals surface area contributed by atoms with Crippen LogP contribution in [-0.2, 0) is 4.84 Å². The average Bonchev–Trinajstić information content (AvgIpc) is 2.21. The van der Waals surface area contributed by atoms with Crippen LogP contribution in [0.3, 0.4) is 0 Å². The summed E-state index contributed by atoms with van der Waals surface area (Å²) in [5.74, 6) is -2.04. The van der Waals surface area contributed by atoms with E-state index in [1.54, 1.807) is 0 Å². The van der Waals surface area contributed by atoms with Crippen molar-refractivity contribution in [2.24, 2.45) is 0 Å². The van der Waals surface area contributed by atoms with Crippen LogP contribution in [0.5, 0.6) is 0 Å². The van der Waals surface area contributed by atoms with Crippen molar-refractivity contribution in [1.82, 2.24) is 5.48 Å². The van der Waals surface area contributed by atoms with Crippen LogP contribution >= 0.6 is 23.2 Å². The summed E-state index contributed by atoms with van der Waals surface area (Å²) in [6.45, 7) is -1.67. The number of hydrogen-bond acceptors (Lipinski definition) is 2. The summed E-state index contributed by atoms with van der Waals surface area (Å²) in [5, 5.41) is -0.526. The Balaban J connectivity index is 2.70. The van der Waals surface area contributed by atoms with E-state index >= 15 is 0 Å². The molecule has 0 saturated carbocycles. The van der Waals surface area contributed by atoms with E-state index in [-0.39, 0.29) is 15.6 Å². The zero-order valence-electron chi connectivity index (χ0n) is 8.45. The molecular formula is C9H5Cl2F4NO2. The van der Waals surface area contributed by atoms with E-state index in [1.807, 2.05) is 0 Å². The fraction of sp³-hybridized carbons (Fsp3) is 0.222. The molecular weight excluding hydrogens is 301 g/mol. The van der Waals surface area contributed by atoms with Crippen molar-refractivity contribution in [1.29, 1.82) is 0 Å². The third kappa shape index (κ3) is 4.32. The van der Waals surface area contributed by atoms with Gasteiger partial charge in [-0.05, 0) is 12.1 Å². The lowest BCUT2D eigenvalue weighted by Gasteiger charge is -2.09. The van der Waals surface area contributed by atoms with Crippen molar-refractivity contribution in [3.8, 4) is 0 Å². The molecule has 0 spiro atoms. The molecule has 18 heavy (non-hydrogen) atoms. The number of carbonyl (C=O) groups is 1. The summed E-state index contributed by atoms with van der Waals surface area (Å²) in [6.07, 6.45) is -4.59. The summed E-state index contributed by atoms with van der Waals surface area (Å²) in [4.78, 5) is 15.2. The zero-order valence-corrected chi connectivity index (χ0v) is 9.96. The summed E-state index contributed by atoms with van der Waals surface area (Å²) in [5.41, 5.74) is 1.10. The molecule has 0 unspecified atom stereocenters. The SMILES string of the molecule is O=C(NOCC(F)(F)F)c1cc(F)c(Cl)cc1Cl. The minimum atomic E-state index is -4.59. The molecule has 1 amide bonds. The standard InChI is InChI=1S/C9H5Cl2F4NO2/c10-5-2-6(11)7(12)1-4(5)8(17)16-18-3-9(13,14)15/h1-2H,3H2,(H,16,17). The molecule has 3 nitrogen and oxygen atoms in total. The van der Waals surface area contributed by atoms with Gasteiger partial charge in [0.15, 0.2) is 6.61 Å². The second-order valence-electron chi connectivity index (χ2n) is 3.08. The van der Waals surface area contributed by atoms with Gasteiger partial charge < -0.3 is 0 Å². The van der Waals surface area contributed by atoms with E-state index in [0.717, 1.165) is 6.07 Å². The lowest BCUT2D eigenvalue weighted by atomic mass is 10.2. The molecule has 0 fully saturated rings. The third-order valence-electron chi connectivity index (χ3n) is 1.66. The molecule has 0 aromatic heterocycles. The maximum atomic E-state index is 13.0. The topological polar surface area (TPSA) is 38.3 Å². The molecule has 0 heterocycles. The Hall–Kier alpha value is -1.05. The summed E-state index contributed by atoms with van der Waals surface area (Å²) >= 11 is 11.0. The van der Waals surface area contributed by atoms with Crippen LogP contribution in [0.2, 0.25) is 10.0 Å². The van der Waals surface area contributed by atoms with Gasteiger partial charge in [0.2, 0.25) is 0 Å². The van der Waals surface area contributed by atoms with Crippen molar-refractivity contribution in [3.05, 3.63) is 33.6 Å². The van der Waals surface area contributed by atoms with Crippen LogP contribution in [0, 0.1) is 5.82 Å². The van der Waals surface area contributed by atoms with Crippen LogP contribution in [0.4, 0.5) is 17.6 Å². The first kappa shape index (κ1) is 15.0. The van der Waals surface area contributed by atoms with E-state index in [2.05, 4.69) is 4.84 Å². The van der Waals surface area contributed by atoms with E-state index < -0.39 is 24.5 Å². The number of amides is 1. The van der Waals surface area contributed by atoms with Crippen molar-refractivity contribution in [3.63, 3.8) is 0 Å². The largest absolute Gasteiger partial charge is 0.414 e. The molecule has 0 saturated heterocycles. The lowest BCUT2D eigenvalue weighted by molar-refractivity contribution is -0.184. The highest BCUT2D eigenvalue weighted by molar-refractivity contribution is 6.36. The van der Waals surface area contributed by atoms with Gasteiger partial charge in [-0.3, -0.25) is 9.63 Å². The fourth-order valence-electron chi connectivity index (χ4n) is 0.935. The predicted octanol–water partition coefficient (Wildman–Crippen LogP) is 3.36. The van der Waals surface area contributed by atoms with Gasteiger partial charge in [-0.15, -0.1) is 0 Å². The van der Waals surface area contributed by atoms with E-state index in [1.165, 1.54) is 5.48 Å². The number of carbonyl (C=O) groups excluding carboxylic acids is 1. The molecule has 100 valence electrons. The molecule has 0 aliphatic carbocycles. The molecule has 0 atom stereocenters. The zero-order chi connectivity index (χ0) is 13.9. The average molecular weight is 306 g/mol. The molecule has 1 aromatic rings. The van der Waals surface area contributed by atoms with E-state index in [9.17, 15) is 22.4 Å². The lowest BCUT2D eigenvalue weighted by Crippen LogP contribution is -2.29. The molecule has 0 bridgehead atoms. The van der Waals surface area contributed by atoms with Gasteiger partial charge in [-0.2, -0.15) is 13.2 Å². The number of nitrogens with one attached hydrogen (secondary N) is 1. The van der Waals surface area contributed by atoms with Gasteiger partial charge in [-0.25, -0.2) is 9.87 Å². The summed E-state index contributed by atoms with van der Waals surface area (Å²) < 4.78 is 48.2. The second kappa shape index (κ2) is 5.73. The molecule has 1 rings (SSSR count). The van der Waals surface area contributed by atoms with Crippen LogP contribution in [0.1, 0.15) is 10.4 Å². The van der Waals surface area contributed by atoms with Crippen molar-refractivity contribution in [2.75, 3.05) is 6.61 Å². The predicted molar refractivity (Wildman–Crippen MR) is 55.9 cm³/mol. The quantitative estimate of drug-likeness (QED) is 0.528. The number of benzene rings is 1. The Morgan fingerprint density at radius 1 is 1.28 bits per heavy atom. The Morgan fingerprint density at radius 3 is 2.44 bits per heavy atom. The smallest absolute Gasteiger partial charge is 0.267 e. The Bertz CT molecular complexity index is 465. The van der Waals surface area contributed by atoms with Crippen molar-refractivity contribution >= 4 is 29.1 Å². The highest BCUT2D eigenvalue weighted by atomic mass is 35.5. The number of halogens is 6. The van der Waals surface area contributed by atoms with E-state index in [0.29, 0.717) is 6.07 Å². The van der Waals surface area contributed by atoms with Crippen LogP contribution < -0.4 is 5.48 Å². The van der Waals surface area contributed by atoms with Crippen LogP contribution in [0.25, 0.3) is 0 Å². The maximum Gasteiger partial charge on any atom is 0.414 e. The molecule has 1 N–H and O–H groups in total. The second-order valence-corrected chi connectivity index (χ2v) is 3.90. The number of rotatable bonds is 3. The minimum absolute atomic E-state index is 0.213. The molecule has 0 radical (unpaired) electrons. The number of hydroxylamine groups is 1. The van der Waals surface area contributed by atoms with Crippen molar-refractivity contribution < 1.29 is 27.2 Å². The van der Waals surface area contributed by atoms with Gasteiger partial charge >= 0.3 is 6.18 Å². The third-order valence-corrected chi connectivity index (χ3v) is 2.26.